The van der Waals surface area contributed by atoms with E-state index in [9.17, 15) is 13.6 Å². The number of amides is 1. The summed E-state index contributed by atoms with van der Waals surface area (Å²) < 4.78 is 26.9. The number of carbonyl (C=O) groups is 1. The lowest BCUT2D eigenvalue weighted by molar-refractivity contribution is 0.102. The number of rotatable bonds is 4. The second-order valence-corrected chi connectivity index (χ2v) is 6.66. The van der Waals surface area contributed by atoms with Gasteiger partial charge in [-0.2, -0.15) is 0 Å². The van der Waals surface area contributed by atoms with E-state index in [0.29, 0.717) is 43.4 Å². The van der Waals surface area contributed by atoms with Gasteiger partial charge in [0.15, 0.2) is 11.5 Å². The van der Waals surface area contributed by atoms with Crippen molar-refractivity contribution in [2.45, 2.75) is 0 Å². The number of aromatic nitrogens is 2. The van der Waals surface area contributed by atoms with Crippen molar-refractivity contribution in [1.29, 1.82) is 0 Å². The van der Waals surface area contributed by atoms with Crippen LogP contribution in [0.5, 0.6) is 0 Å². The number of piperazine rings is 1. The average molecular weight is 395 g/mol. The fourth-order valence-electron chi connectivity index (χ4n) is 3.23. The summed E-state index contributed by atoms with van der Waals surface area (Å²) in [5.74, 6) is -0.351. The Morgan fingerprint density at radius 3 is 2.17 bits per heavy atom. The molecule has 3 aromatic rings. The predicted octanol–water partition coefficient (Wildman–Crippen LogP) is 3.33. The minimum absolute atomic E-state index is 0.170. The normalized spacial score (nSPS) is 14.0. The third-order valence-corrected chi connectivity index (χ3v) is 4.78. The molecule has 6 nitrogen and oxygen atoms in total. The number of hydrogen-bond donors (Lipinski definition) is 1. The number of nitrogens with one attached hydrogen (secondary N) is 1. The van der Waals surface area contributed by atoms with Gasteiger partial charge in [-0.05, 0) is 48.5 Å². The molecule has 1 fully saturated rings. The summed E-state index contributed by atoms with van der Waals surface area (Å²) in [5.41, 5.74) is 1.25. The van der Waals surface area contributed by atoms with E-state index >= 15 is 0 Å². The smallest absolute Gasteiger partial charge is 0.276 e. The van der Waals surface area contributed by atoms with Crippen molar-refractivity contribution in [2.75, 3.05) is 41.3 Å². The fourth-order valence-corrected chi connectivity index (χ4v) is 3.23. The van der Waals surface area contributed by atoms with Gasteiger partial charge in [0.25, 0.3) is 5.91 Å². The molecule has 1 aliphatic rings. The Bertz CT molecular complexity index is 987. The summed E-state index contributed by atoms with van der Waals surface area (Å²) in [6.45, 7) is 2.67. The van der Waals surface area contributed by atoms with Gasteiger partial charge < -0.3 is 15.1 Å². The quantitative estimate of drug-likeness (QED) is 0.734. The van der Waals surface area contributed by atoms with Crippen LogP contribution in [-0.4, -0.2) is 42.3 Å². The van der Waals surface area contributed by atoms with Gasteiger partial charge in [0.1, 0.15) is 11.6 Å². The maximum Gasteiger partial charge on any atom is 0.276 e. The Balaban J connectivity index is 1.36. The van der Waals surface area contributed by atoms with Gasteiger partial charge >= 0.3 is 0 Å². The molecule has 1 aromatic heterocycles. The van der Waals surface area contributed by atoms with Crippen LogP contribution in [-0.2, 0) is 0 Å². The summed E-state index contributed by atoms with van der Waals surface area (Å²) >= 11 is 0. The van der Waals surface area contributed by atoms with Crippen LogP contribution in [0.15, 0.2) is 60.7 Å². The third kappa shape index (κ3) is 4.31. The van der Waals surface area contributed by atoms with Crippen molar-refractivity contribution >= 4 is 23.1 Å². The van der Waals surface area contributed by atoms with Gasteiger partial charge in [0.2, 0.25) is 0 Å². The monoisotopic (exact) mass is 395 g/mol. The summed E-state index contributed by atoms with van der Waals surface area (Å²) in [4.78, 5) is 16.3. The first kappa shape index (κ1) is 18.8. The topological polar surface area (TPSA) is 61.4 Å². The molecule has 0 aliphatic carbocycles. The summed E-state index contributed by atoms with van der Waals surface area (Å²) in [6.07, 6.45) is 0. The molecule has 0 spiro atoms. The molecule has 4 rings (SSSR count). The van der Waals surface area contributed by atoms with Crippen LogP contribution in [0.1, 0.15) is 10.5 Å². The van der Waals surface area contributed by atoms with E-state index < -0.39 is 5.91 Å². The SMILES string of the molecule is O=C(Nc1ccc(F)cc1)c1ccc(N2CCN(c3ccccc3F)CC2)nn1. The Kier molecular flexibility index (Phi) is 5.33. The second-order valence-electron chi connectivity index (χ2n) is 6.66. The molecule has 1 aliphatic heterocycles. The van der Waals surface area contributed by atoms with Crippen molar-refractivity contribution < 1.29 is 13.6 Å². The molecule has 0 radical (unpaired) electrons. The predicted molar refractivity (Wildman–Crippen MR) is 107 cm³/mol. The number of anilines is 3. The maximum absolute atomic E-state index is 14.0. The highest BCUT2D eigenvalue weighted by atomic mass is 19.1. The highest BCUT2D eigenvalue weighted by molar-refractivity contribution is 6.02. The summed E-state index contributed by atoms with van der Waals surface area (Å²) in [6, 6.07) is 15.6. The van der Waals surface area contributed by atoms with E-state index in [0.717, 1.165) is 0 Å². The van der Waals surface area contributed by atoms with E-state index in [1.807, 2.05) is 15.9 Å². The minimum Gasteiger partial charge on any atom is -0.366 e. The largest absolute Gasteiger partial charge is 0.366 e. The molecule has 1 amide bonds. The van der Waals surface area contributed by atoms with Gasteiger partial charge in [0, 0.05) is 31.9 Å². The molecule has 8 heteroatoms. The Hall–Kier alpha value is -3.55. The number of benzene rings is 2. The first-order valence-electron chi connectivity index (χ1n) is 9.25. The van der Waals surface area contributed by atoms with Crippen LogP contribution >= 0.6 is 0 Å². The van der Waals surface area contributed by atoms with E-state index in [-0.39, 0.29) is 17.3 Å². The number of nitrogens with zero attached hydrogens (tertiary/aromatic N) is 4. The van der Waals surface area contributed by atoms with Gasteiger partial charge in [-0.25, -0.2) is 8.78 Å². The summed E-state index contributed by atoms with van der Waals surface area (Å²) in [7, 11) is 0. The van der Waals surface area contributed by atoms with Crippen molar-refractivity contribution in [3.8, 4) is 0 Å². The fraction of sp³-hybridized carbons (Fsp3) is 0.190. The first-order chi connectivity index (χ1) is 14.1. The molecule has 0 bridgehead atoms. The Labute approximate surface area is 166 Å². The lowest BCUT2D eigenvalue weighted by Gasteiger charge is -2.36. The molecule has 0 atom stereocenters. The first-order valence-corrected chi connectivity index (χ1v) is 9.25. The lowest BCUT2D eigenvalue weighted by Crippen LogP contribution is -2.47. The molecular weight excluding hydrogens is 376 g/mol. The van der Waals surface area contributed by atoms with Gasteiger partial charge in [-0.3, -0.25) is 4.79 Å². The van der Waals surface area contributed by atoms with Crippen LogP contribution in [0.25, 0.3) is 0 Å². The highest BCUT2D eigenvalue weighted by Crippen LogP contribution is 2.22. The van der Waals surface area contributed by atoms with E-state index in [2.05, 4.69) is 15.5 Å². The van der Waals surface area contributed by atoms with Crippen molar-refractivity contribution in [2.24, 2.45) is 0 Å². The van der Waals surface area contributed by atoms with E-state index in [1.54, 1.807) is 24.3 Å². The second kappa shape index (κ2) is 8.22. The highest BCUT2D eigenvalue weighted by Gasteiger charge is 2.21. The van der Waals surface area contributed by atoms with Gasteiger partial charge in [-0.1, -0.05) is 12.1 Å². The lowest BCUT2D eigenvalue weighted by atomic mass is 10.2. The standard InChI is InChI=1S/C21H19F2N5O/c22-15-5-7-16(8-6-15)24-21(29)18-9-10-20(26-25-18)28-13-11-27(12-14-28)19-4-2-1-3-17(19)23/h1-10H,11-14H2,(H,24,29). The van der Waals surface area contributed by atoms with Crippen molar-refractivity contribution in [3.63, 3.8) is 0 Å². The van der Waals surface area contributed by atoms with E-state index in [4.69, 9.17) is 0 Å². The maximum atomic E-state index is 14.0. The molecule has 2 aromatic carbocycles. The molecule has 1 saturated heterocycles. The number of para-hydroxylation sites is 1. The van der Waals surface area contributed by atoms with Crippen molar-refractivity contribution in [3.05, 3.63) is 78.0 Å². The van der Waals surface area contributed by atoms with Crippen LogP contribution in [0.3, 0.4) is 0 Å². The molecular formula is C21H19F2N5O. The van der Waals surface area contributed by atoms with Crippen molar-refractivity contribution in [1.82, 2.24) is 10.2 Å². The van der Waals surface area contributed by atoms with Crippen LogP contribution in [0.4, 0.5) is 26.0 Å². The Morgan fingerprint density at radius 2 is 1.52 bits per heavy atom. The number of hydrogen-bond acceptors (Lipinski definition) is 5. The van der Waals surface area contributed by atoms with Gasteiger partial charge in [0.05, 0.1) is 5.69 Å². The zero-order chi connectivity index (χ0) is 20.2. The summed E-state index contributed by atoms with van der Waals surface area (Å²) in [5, 5.41) is 10.8. The van der Waals surface area contributed by atoms with Crippen LogP contribution in [0, 0.1) is 11.6 Å². The molecule has 0 unspecified atom stereocenters. The minimum atomic E-state index is -0.417. The zero-order valence-corrected chi connectivity index (χ0v) is 15.6. The van der Waals surface area contributed by atoms with Crippen LogP contribution in [0.2, 0.25) is 0 Å². The average Bonchev–Trinajstić information content (AvgIpc) is 2.76. The molecule has 29 heavy (non-hydrogen) atoms. The molecule has 148 valence electrons. The number of carbonyl (C=O) groups excluding carboxylic acids is 1. The molecule has 2 heterocycles. The zero-order valence-electron chi connectivity index (χ0n) is 15.6. The van der Waals surface area contributed by atoms with Gasteiger partial charge in [-0.15, -0.1) is 10.2 Å². The molecule has 0 saturated carbocycles. The molecule has 1 N–H and O–H groups in total. The van der Waals surface area contributed by atoms with Crippen LogP contribution < -0.4 is 15.1 Å². The van der Waals surface area contributed by atoms with E-state index in [1.165, 1.54) is 30.3 Å². The number of halogens is 2. The third-order valence-electron chi connectivity index (χ3n) is 4.78. The Morgan fingerprint density at radius 1 is 0.828 bits per heavy atom.